The third-order valence-corrected chi connectivity index (χ3v) is 4.32. The number of ether oxygens (including phenoxy) is 1. The lowest BCUT2D eigenvalue weighted by Gasteiger charge is -2.19. The number of carbonyl (C=O) groups is 1. The minimum Gasteiger partial charge on any atom is -0.444 e. The maximum Gasteiger partial charge on any atom is 0.408 e. The van der Waals surface area contributed by atoms with Gasteiger partial charge in [-0.1, -0.05) is 35.9 Å². The molecule has 0 fully saturated rings. The monoisotopic (exact) mass is 365 g/mol. The molecular weight excluding hydrogens is 338 g/mol. The van der Waals surface area contributed by atoms with Crippen LogP contribution in [0.5, 0.6) is 0 Å². The fraction of sp³-hybridized carbons (Fsp3) is 0.364. The molecule has 5 heteroatoms. The molecule has 0 aliphatic heterocycles. The van der Waals surface area contributed by atoms with Gasteiger partial charge in [-0.3, -0.25) is 0 Å². The summed E-state index contributed by atoms with van der Waals surface area (Å²) < 4.78 is 7.44. The van der Waals surface area contributed by atoms with E-state index in [0.29, 0.717) is 6.54 Å². The first-order valence-corrected chi connectivity index (χ1v) is 9.30. The van der Waals surface area contributed by atoms with Crippen LogP contribution in [0, 0.1) is 6.92 Å². The van der Waals surface area contributed by atoms with E-state index in [1.54, 1.807) is 0 Å². The van der Waals surface area contributed by atoms with Crippen molar-refractivity contribution < 1.29 is 9.53 Å². The number of carbonyl (C=O) groups excluding carboxylic acids is 1. The van der Waals surface area contributed by atoms with Gasteiger partial charge in [0.2, 0.25) is 0 Å². The highest BCUT2D eigenvalue weighted by atomic mass is 16.6. The van der Waals surface area contributed by atoms with Crippen molar-refractivity contribution in [2.45, 2.75) is 53.3 Å². The summed E-state index contributed by atoms with van der Waals surface area (Å²) in [5.41, 5.74) is 5.06. The number of alkyl carbamates (subject to hydrolysis) is 1. The normalized spacial score (nSPS) is 11.6. The highest BCUT2D eigenvalue weighted by Crippen LogP contribution is 2.25. The van der Waals surface area contributed by atoms with Crippen LogP contribution >= 0.6 is 0 Å². The largest absolute Gasteiger partial charge is 0.444 e. The minimum atomic E-state index is -0.516. The number of nitrogens with zero attached hydrogens (tertiary/aromatic N) is 2. The van der Waals surface area contributed by atoms with Crippen molar-refractivity contribution in [3.8, 4) is 11.1 Å². The molecule has 0 saturated carbocycles. The molecule has 3 aromatic rings. The van der Waals surface area contributed by atoms with E-state index >= 15 is 0 Å². The standard InChI is InChI=1S/C22H27N3O2/c1-6-25-19-13-17(16-9-7-15(2)8-10-16)11-12-18(19)24-20(25)14-23-21(26)27-22(3,4)5/h7-13H,6,14H2,1-5H3,(H,23,26). The van der Waals surface area contributed by atoms with Crippen molar-refractivity contribution in [3.63, 3.8) is 0 Å². The van der Waals surface area contributed by atoms with Gasteiger partial charge in [0.05, 0.1) is 17.6 Å². The summed E-state index contributed by atoms with van der Waals surface area (Å²) in [4.78, 5) is 16.6. The molecule has 5 nitrogen and oxygen atoms in total. The van der Waals surface area contributed by atoms with Gasteiger partial charge in [-0.15, -0.1) is 0 Å². The summed E-state index contributed by atoms with van der Waals surface area (Å²) in [5, 5.41) is 2.80. The predicted molar refractivity (Wildman–Crippen MR) is 109 cm³/mol. The van der Waals surface area contributed by atoms with Gasteiger partial charge < -0.3 is 14.6 Å². The van der Waals surface area contributed by atoms with Gasteiger partial charge in [0.15, 0.2) is 0 Å². The highest BCUT2D eigenvalue weighted by Gasteiger charge is 2.17. The average molecular weight is 365 g/mol. The molecule has 0 aliphatic rings. The van der Waals surface area contributed by atoms with Crippen LogP contribution in [-0.4, -0.2) is 21.2 Å². The van der Waals surface area contributed by atoms with Crippen molar-refractivity contribution >= 4 is 17.1 Å². The molecule has 142 valence electrons. The number of hydrogen-bond donors (Lipinski definition) is 1. The molecule has 0 radical (unpaired) electrons. The number of aryl methyl sites for hydroxylation is 2. The van der Waals surface area contributed by atoms with E-state index in [4.69, 9.17) is 9.72 Å². The average Bonchev–Trinajstić information content (AvgIpc) is 2.95. The zero-order valence-electron chi connectivity index (χ0n) is 16.7. The molecule has 0 saturated heterocycles. The lowest BCUT2D eigenvalue weighted by atomic mass is 10.0. The van der Waals surface area contributed by atoms with E-state index in [9.17, 15) is 4.79 Å². The third kappa shape index (κ3) is 4.48. The molecule has 1 amide bonds. The summed E-state index contributed by atoms with van der Waals surface area (Å²) in [5.74, 6) is 0.819. The van der Waals surface area contributed by atoms with E-state index in [1.165, 1.54) is 11.1 Å². The summed E-state index contributed by atoms with van der Waals surface area (Å²) in [6, 6.07) is 14.8. The van der Waals surface area contributed by atoms with Gasteiger partial charge in [-0.2, -0.15) is 0 Å². The van der Waals surface area contributed by atoms with Crippen LogP contribution in [0.25, 0.3) is 22.2 Å². The van der Waals surface area contributed by atoms with E-state index in [1.807, 2.05) is 26.8 Å². The van der Waals surface area contributed by atoms with Crippen LogP contribution in [0.2, 0.25) is 0 Å². The first kappa shape index (κ1) is 19.0. The predicted octanol–water partition coefficient (Wildman–Crippen LogP) is 5.06. The Morgan fingerprint density at radius 2 is 1.78 bits per heavy atom. The summed E-state index contributed by atoms with van der Waals surface area (Å²) in [6.45, 7) is 10.8. The molecule has 2 aromatic carbocycles. The van der Waals surface area contributed by atoms with Crippen molar-refractivity contribution in [1.29, 1.82) is 0 Å². The van der Waals surface area contributed by atoms with Crippen LogP contribution < -0.4 is 5.32 Å². The SMILES string of the molecule is CCn1c(CNC(=O)OC(C)(C)C)nc2ccc(-c3ccc(C)cc3)cc21. The number of benzene rings is 2. The quantitative estimate of drug-likeness (QED) is 0.703. The van der Waals surface area contributed by atoms with Crippen molar-refractivity contribution in [1.82, 2.24) is 14.9 Å². The van der Waals surface area contributed by atoms with Gasteiger partial charge in [-0.05, 0) is 57.9 Å². The Morgan fingerprint density at radius 1 is 1.11 bits per heavy atom. The summed E-state index contributed by atoms with van der Waals surface area (Å²) in [6.07, 6.45) is -0.433. The lowest BCUT2D eigenvalue weighted by Crippen LogP contribution is -2.32. The zero-order chi connectivity index (χ0) is 19.6. The van der Waals surface area contributed by atoms with Crippen LogP contribution in [-0.2, 0) is 17.8 Å². The van der Waals surface area contributed by atoms with E-state index in [0.717, 1.165) is 29.0 Å². The number of fused-ring (bicyclic) bond motifs is 1. The van der Waals surface area contributed by atoms with Gasteiger partial charge in [0.1, 0.15) is 11.4 Å². The molecule has 0 aliphatic carbocycles. The smallest absolute Gasteiger partial charge is 0.408 e. The zero-order valence-corrected chi connectivity index (χ0v) is 16.7. The highest BCUT2D eigenvalue weighted by molar-refractivity contribution is 5.83. The van der Waals surface area contributed by atoms with Gasteiger partial charge in [0, 0.05) is 6.54 Å². The molecule has 0 unspecified atom stereocenters. The molecule has 0 bridgehead atoms. The fourth-order valence-electron chi connectivity index (χ4n) is 3.05. The third-order valence-electron chi connectivity index (χ3n) is 4.32. The number of aromatic nitrogens is 2. The maximum absolute atomic E-state index is 11.9. The van der Waals surface area contributed by atoms with Gasteiger partial charge in [-0.25, -0.2) is 9.78 Å². The Balaban J connectivity index is 1.87. The van der Waals surface area contributed by atoms with Crippen LogP contribution in [0.1, 0.15) is 39.1 Å². The van der Waals surface area contributed by atoms with Gasteiger partial charge >= 0.3 is 6.09 Å². The fourth-order valence-corrected chi connectivity index (χ4v) is 3.05. The van der Waals surface area contributed by atoms with Crippen LogP contribution in [0.4, 0.5) is 4.79 Å². The molecule has 1 heterocycles. The number of hydrogen-bond acceptors (Lipinski definition) is 3. The second-order valence-corrected chi connectivity index (χ2v) is 7.70. The second kappa shape index (κ2) is 7.43. The Labute approximate surface area is 160 Å². The Hall–Kier alpha value is -2.82. The number of imidazole rings is 1. The van der Waals surface area contributed by atoms with E-state index in [2.05, 4.69) is 60.1 Å². The Morgan fingerprint density at radius 3 is 2.41 bits per heavy atom. The Bertz CT molecular complexity index is 950. The first-order valence-electron chi connectivity index (χ1n) is 9.30. The minimum absolute atomic E-state index is 0.331. The number of rotatable bonds is 4. The number of amides is 1. The molecule has 1 N–H and O–H groups in total. The van der Waals surface area contributed by atoms with Crippen molar-refractivity contribution in [3.05, 3.63) is 53.9 Å². The van der Waals surface area contributed by atoms with Crippen LogP contribution in [0.15, 0.2) is 42.5 Å². The summed E-state index contributed by atoms with van der Waals surface area (Å²) >= 11 is 0. The molecular formula is C22H27N3O2. The molecule has 27 heavy (non-hydrogen) atoms. The van der Waals surface area contributed by atoms with Crippen molar-refractivity contribution in [2.75, 3.05) is 0 Å². The molecule has 1 aromatic heterocycles. The second-order valence-electron chi connectivity index (χ2n) is 7.70. The first-order chi connectivity index (χ1) is 12.8. The Kier molecular flexibility index (Phi) is 5.22. The molecule has 0 spiro atoms. The van der Waals surface area contributed by atoms with E-state index < -0.39 is 11.7 Å². The van der Waals surface area contributed by atoms with Crippen molar-refractivity contribution in [2.24, 2.45) is 0 Å². The maximum atomic E-state index is 11.9. The summed E-state index contributed by atoms with van der Waals surface area (Å²) in [7, 11) is 0. The van der Waals surface area contributed by atoms with Crippen LogP contribution in [0.3, 0.4) is 0 Å². The number of nitrogens with one attached hydrogen (secondary N) is 1. The van der Waals surface area contributed by atoms with E-state index in [-0.39, 0.29) is 0 Å². The topological polar surface area (TPSA) is 56.2 Å². The lowest BCUT2D eigenvalue weighted by molar-refractivity contribution is 0.0521. The molecule has 0 atom stereocenters. The van der Waals surface area contributed by atoms with Gasteiger partial charge in [0.25, 0.3) is 0 Å². The molecule has 3 rings (SSSR count).